The van der Waals surface area contributed by atoms with Crippen LogP contribution in [0.1, 0.15) is 16.7 Å². The lowest BCUT2D eigenvalue weighted by molar-refractivity contribution is -0.123. The summed E-state index contributed by atoms with van der Waals surface area (Å²) in [4.78, 5) is 26.9. The van der Waals surface area contributed by atoms with Gasteiger partial charge >= 0.3 is 0 Å². The van der Waals surface area contributed by atoms with Gasteiger partial charge in [0.1, 0.15) is 6.61 Å². The summed E-state index contributed by atoms with van der Waals surface area (Å²) in [7, 11) is 1.54. The molecule has 0 aromatic heterocycles. The Morgan fingerprint density at radius 3 is 2.32 bits per heavy atom. The zero-order valence-corrected chi connectivity index (χ0v) is 21.0. The smallest absolute Gasteiger partial charge is 0.293 e. The van der Waals surface area contributed by atoms with Crippen LogP contribution in [-0.4, -0.2) is 23.2 Å². The molecule has 0 saturated carbocycles. The number of carbonyl (C=O) groups is 2. The minimum atomic E-state index is -0.409. The van der Waals surface area contributed by atoms with Gasteiger partial charge in [-0.05, 0) is 65.4 Å². The first kappa shape index (κ1) is 24.5. The first-order valence-corrected chi connectivity index (χ1v) is 12.0. The van der Waals surface area contributed by atoms with Crippen LogP contribution in [0.25, 0.3) is 6.08 Å². The number of nitrogens with zero attached hydrogens (tertiary/aromatic N) is 1. The molecule has 3 aromatic rings. The molecule has 1 heterocycles. The van der Waals surface area contributed by atoms with Crippen molar-refractivity contribution >= 4 is 63.8 Å². The number of hydrogen-bond donors (Lipinski definition) is 0. The highest BCUT2D eigenvalue weighted by atomic mass is 35.5. The van der Waals surface area contributed by atoms with E-state index in [4.69, 9.17) is 44.3 Å². The van der Waals surface area contributed by atoms with E-state index in [-0.39, 0.29) is 11.8 Å². The fraction of sp³-hybridized carbons (Fsp3) is 0.120. The van der Waals surface area contributed by atoms with Crippen molar-refractivity contribution in [2.45, 2.75) is 13.2 Å². The predicted octanol–water partition coefficient (Wildman–Crippen LogP) is 7.47. The van der Waals surface area contributed by atoms with E-state index in [0.29, 0.717) is 49.2 Å². The maximum Gasteiger partial charge on any atom is 0.293 e. The van der Waals surface area contributed by atoms with Crippen molar-refractivity contribution in [2.75, 3.05) is 7.11 Å². The number of ether oxygens (including phenoxy) is 2. The Morgan fingerprint density at radius 2 is 1.65 bits per heavy atom. The van der Waals surface area contributed by atoms with E-state index < -0.39 is 5.91 Å². The van der Waals surface area contributed by atoms with Crippen LogP contribution in [-0.2, 0) is 17.9 Å². The summed E-state index contributed by atoms with van der Waals surface area (Å²) in [5.74, 6) is 0.647. The molecular formula is C25H18Cl3NO4S. The van der Waals surface area contributed by atoms with Crippen LogP contribution in [0.4, 0.5) is 4.79 Å². The average Bonchev–Trinajstić information content (AvgIpc) is 3.08. The van der Waals surface area contributed by atoms with Gasteiger partial charge in [-0.1, -0.05) is 59.1 Å². The number of methoxy groups -OCH3 is 1. The number of rotatable bonds is 7. The van der Waals surface area contributed by atoms with E-state index in [1.54, 1.807) is 54.6 Å². The SMILES string of the molecule is COc1cc(/C=C2\SC(=O)N(Cc3c(Cl)cccc3Cl)C2=O)ccc1OCc1ccc(Cl)cc1. The molecule has 174 valence electrons. The van der Waals surface area contributed by atoms with E-state index in [9.17, 15) is 9.59 Å². The fourth-order valence-corrected chi connectivity index (χ4v) is 4.75. The predicted molar refractivity (Wildman–Crippen MR) is 137 cm³/mol. The van der Waals surface area contributed by atoms with Crippen LogP contribution in [0.2, 0.25) is 15.1 Å². The van der Waals surface area contributed by atoms with Crippen molar-refractivity contribution in [1.29, 1.82) is 0 Å². The topological polar surface area (TPSA) is 55.8 Å². The number of imide groups is 1. The van der Waals surface area contributed by atoms with Crippen LogP contribution in [0, 0.1) is 0 Å². The Morgan fingerprint density at radius 1 is 0.941 bits per heavy atom. The summed E-state index contributed by atoms with van der Waals surface area (Å²) < 4.78 is 11.3. The molecule has 0 atom stereocenters. The molecule has 0 unspecified atom stereocenters. The van der Waals surface area contributed by atoms with Crippen LogP contribution in [0.15, 0.2) is 65.6 Å². The first-order valence-electron chi connectivity index (χ1n) is 10.1. The quantitative estimate of drug-likeness (QED) is 0.294. The van der Waals surface area contributed by atoms with E-state index in [1.807, 2.05) is 12.1 Å². The third kappa shape index (κ3) is 5.53. The van der Waals surface area contributed by atoms with Crippen molar-refractivity contribution in [1.82, 2.24) is 4.90 Å². The molecule has 3 aromatic carbocycles. The highest BCUT2D eigenvalue weighted by Crippen LogP contribution is 2.37. The van der Waals surface area contributed by atoms with Crippen molar-refractivity contribution in [2.24, 2.45) is 0 Å². The number of amides is 2. The van der Waals surface area contributed by atoms with E-state index >= 15 is 0 Å². The number of halogens is 3. The van der Waals surface area contributed by atoms with Crippen LogP contribution in [0.3, 0.4) is 0 Å². The van der Waals surface area contributed by atoms with Crippen LogP contribution >= 0.6 is 46.6 Å². The minimum Gasteiger partial charge on any atom is -0.493 e. The van der Waals surface area contributed by atoms with Gasteiger partial charge in [0.05, 0.1) is 18.6 Å². The number of hydrogen-bond acceptors (Lipinski definition) is 5. The summed E-state index contributed by atoms with van der Waals surface area (Å²) in [6, 6.07) is 17.7. The van der Waals surface area contributed by atoms with E-state index in [1.165, 1.54) is 7.11 Å². The fourth-order valence-electron chi connectivity index (χ4n) is 3.26. The van der Waals surface area contributed by atoms with E-state index in [2.05, 4.69) is 0 Å². The van der Waals surface area contributed by atoms with Gasteiger partial charge in [-0.3, -0.25) is 14.5 Å². The van der Waals surface area contributed by atoms with Gasteiger partial charge in [0.15, 0.2) is 11.5 Å². The zero-order chi connectivity index (χ0) is 24.2. The van der Waals surface area contributed by atoms with Crippen molar-refractivity contribution in [3.8, 4) is 11.5 Å². The molecule has 1 aliphatic heterocycles. The molecule has 1 fully saturated rings. The molecule has 1 aliphatic rings. The molecule has 0 bridgehead atoms. The summed E-state index contributed by atoms with van der Waals surface area (Å²) in [6.07, 6.45) is 1.64. The van der Waals surface area contributed by atoms with Gasteiger partial charge in [-0.2, -0.15) is 0 Å². The average molecular weight is 535 g/mol. The third-order valence-electron chi connectivity index (χ3n) is 5.04. The number of benzene rings is 3. The summed E-state index contributed by atoms with van der Waals surface area (Å²) in [6.45, 7) is 0.345. The molecule has 0 aliphatic carbocycles. The van der Waals surface area contributed by atoms with Crippen molar-refractivity contribution in [3.05, 3.63) is 97.3 Å². The molecule has 5 nitrogen and oxygen atoms in total. The van der Waals surface area contributed by atoms with Crippen LogP contribution < -0.4 is 9.47 Å². The number of thioether (sulfide) groups is 1. The highest BCUT2D eigenvalue weighted by Gasteiger charge is 2.35. The molecule has 2 amide bonds. The Hall–Kier alpha value is -2.64. The largest absolute Gasteiger partial charge is 0.493 e. The molecule has 0 spiro atoms. The lowest BCUT2D eigenvalue weighted by atomic mass is 10.1. The Labute approximate surface area is 216 Å². The van der Waals surface area contributed by atoms with Crippen molar-refractivity contribution in [3.63, 3.8) is 0 Å². The Bertz CT molecular complexity index is 1260. The highest BCUT2D eigenvalue weighted by molar-refractivity contribution is 8.18. The molecule has 0 radical (unpaired) electrons. The van der Waals surface area contributed by atoms with E-state index in [0.717, 1.165) is 22.2 Å². The third-order valence-corrected chi connectivity index (χ3v) is 6.91. The Kier molecular flexibility index (Phi) is 7.73. The van der Waals surface area contributed by atoms with Gasteiger partial charge in [0.2, 0.25) is 0 Å². The molecule has 9 heteroatoms. The molecule has 1 saturated heterocycles. The normalized spacial score (nSPS) is 14.7. The minimum absolute atomic E-state index is 0.00130. The zero-order valence-electron chi connectivity index (χ0n) is 17.9. The summed E-state index contributed by atoms with van der Waals surface area (Å²) >= 11 is 19.2. The molecular weight excluding hydrogens is 517 g/mol. The van der Waals surface area contributed by atoms with Gasteiger partial charge in [0.25, 0.3) is 11.1 Å². The maximum atomic E-state index is 12.9. The van der Waals surface area contributed by atoms with Gasteiger partial charge < -0.3 is 9.47 Å². The molecule has 0 N–H and O–H groups in total. The standard InChI is InChI=1S/C25H18Cl3NO4S/c1-32-22-11-16(7-10-21(22)33-14-15-5-8-17(26)9-6-15)12-23-24(30)29(25(31)34-23)13-18-19(27)3-2-4-20(18)28/h2-12H,13-14H2,1H3/b23-12-. The second kappa shape index (κ2) is 10.7. The Balaban J connectivity index is 1.50. The summed E-state index contributed by atoms with van der Waals surface area (Å²) in [5, 5.41) is 1.07. The second-order valence-corrected chi connectivity index (χ2v) is 9.54. The van der Waals surface area contributed by atoms with Crippen LogP contribution in [0.5, 0.6) is 11.5 Å². The molecule has 34 heavy (non-hydrogen) atoms. The first-order chi connectivity index (χ1) is 16.4. The number of carbonyl (C=O) groups excluding carboxylic acids is 2. The van der Waals surface area contributed by atoms with Crippen molar-refractivity contribution < 1.29 is 19.1 Å². The lowest BCUT2D eigenvalue weighted by Crippen LogP contribution is -2.27. The monoisotopic (exact) mass is 533 g/mol. The maximum absolute atomic E-state index is 12.9. The summed E-state index contributed by atoms with van der Waals surface area (Å²) in [5.41, 5.74) is 2.18. The molecule has 4 rings (SSSR count). The second-order valence-electron chi connectivity index (χ2n) is 7.29. The lowest BCUT2D eigenvalue weighted by Gasteiger charge is -2.14. The van der Waals surface area contributed by atoms with Gasteiger partial charge in [-0.15, -0.1) is 0 Å². The van der Waals surface area contributed by atoms with Gasteiger partial charge in [-0.25, -0.2) is 0 Å². The van der Waals surface area contributed by atoms with Gasteiger partial charge in [0, 0.05) is 20.6 Å².